The largest absolute Gasteiger partial charge is 0.385 e. The molecule has 3 aromatic carbocycles. The van der Waals surface area contributed by atoms with Crippen LogP contribution in [0.1, 0.15) is 11.1 Å². The Bertz CT molecular complexity index is 1260. The Balaban J connectivity index is 1.93. The predicted molar refractivity (Wildman–Crippen MR) is 144 cm³/mol. The van der Waals surface area contributed by atoms with Crippen molar-refractivity contribution in [2.75, 3.05) is 19.6 Å². The van der Waals surface area contributed by atoms with E-state index < -0.39 is 6.10 Å². The maximum Gasteiger partial charge on any atom is 0.121 e. The quantitative estimate of drug-likeness (QED) is 0.319. The van der Waals surface area contributed by atoms with Crippen molar-refractivity contribution in [3.05, 3.63) is 109 Å². The Morgan fingerprint density at radius 3 is 2.06 bits per heavy atom. The van der Waals surface area contributed by atoms with Crippen molar-refractivity contribution < 1.29 is 10.0 Å². The molecule has 1 aromatic heterocycles. The summed E-state index contributed by atoms with van der Waals surface area (Å²) in [4.78, 5) is 1.26. The van der Waals surface area contributed by atoms with E-state index in [0.717, 1.165) is 24.3 Å². The number of hydrogen-bond donors (Lipinski definition) is 2. The van der Waals surface area contributed by atoms with Crippen molar-refractivity contribution in [3.8, 4) is 22.4 Å². The monoisotopic (exact) mass is 451 g/mol. The van der Waals surface area contributed by atoms with Crippen LogP contribution < -0.4 is 4.90 Å². The van der Waals surface area contributed by atoms with Gasteiger partial charge >= 0.3 is 0 Å². The third kappa shape index (κ3) is 4.91. The number of aryl methyl sites for hydroxylation is 2. The Morgan fingerprint density at radius 1 is 0.882 bits per heavy atom. The summed E-state index contributed by atoms with van der Waals surface area (Å²) in [5, 5.41) is 12.5. The molecule has 0 saturated heterocycles. The molecule has 1 heterocycles. The number of nitrogens with zero attached hydrogens (tertiary/aromatic N) is 1. The van der Waals surface area contributed by atoms with Gasteiger partial charge in [0.2, 0.25) is 0 Å². The molecule has 0 amide bonds. The van der Waals surface area contributed by atoms with Crippen molar-refractivity contribution in [2.45, 2.75) is 26.5 Å². The van der Waals surface area contributed by atoms with Crippen LogP contribution in [0.4, 0.5) is 0 Å². The number of quaternary nitrogens is 1. The lowest BCUT2D eigenvalue weighted by atomic mass is 9.97. The molecule has 34 heavy (non-hydrogen) atoms. The molecule has 1 atom stereocenters. The van der Waals surface area contributed by atoms with Gasteiger partial charge in [-0.25, -0.2) is 0 Å². The van der Waals surface area contributed by atoms with Crippen LogP contribution in [0.3, 0.4) is 0 Å². The molecule has 0 aliphatic heterocycles. The van der Waals surface area contributed by atoms with Gasteiger partial charge in [0.25, 0.3) is 0 Å². The molecule has 4 aromatic rings. The molecule has 0 bridgehead atoms. The molecule has 0 spiro atoms. The number of aromatic nitrogens is 1. The van der Waals surface area contributed by atoms with Crippen LogP contribution in [0.2, 0.25) is 0 Å². The van der Waals surface area contributed by atoms with E-state index in [-0.39, 0.29) is 0 Å². The average Bonchev–Trinajstić information content (AvgIpc) is 3.14. The summed E-state index contributed by atoms with van der Waals surface area (Å²) in [6.07, 6.45) is 3.32. The maximum atomic E-state index is 11.3. The number of fused-ring (bicyclic) bond motifs is 1. The highest BCUT2D eigenvalue weighted by molar-refractivity contribution is 6.06. The van der Waals surface area contributed by atoms with Crippen LogP contribution in [-0.4, -0.2) is 35.4 Å². The summed E-state index contributed by atoms with van der Waals surface area (Å²) in [5.74, 6) is 0. The highest BCUT2D eigenvalue weighted by Gasteiger charge is 2.24. The molecule has 174 valence electrons. The lowest BCUT2D eigenvalue weighted by Gasteiger charge is -2.22. The fourth-order valence-corrected chi connectivity index (χ4v) is 5.13. The van der Waals surface area contributed by atoms with Gasteiger partial charge in [-0.2, -0.15) is 0 Å². The van der Waals surface area contributed by atoms with E-state index in [1.807, 2.05) is 12.2 Å². The highest BCUT2D eigenvalue weighted by Crippen LogP contribution is 2.42. The third-order valence-corrected chi connectivity index (χ3v) is 6.38. The van der Waals surface area contributed by atoms with Crippen LogP contribution in [0.5, 0.6) is 0 Å². The molecule has 3 nitrogen and oxygen atoms in total. The fourth-order valence-electron chi connectivity index (χ4n) is 5.13. The van der Waals surface area contributed by atoms with Gasteiger partial charge in [-0.3, -0.25) is 0 Å². The summed E-state index contributed by atoms with van der Waals surface area (Å²) in [7, 11) is 0. The summed E-state index contributed by atoms with van der Waals surface area (Å²) >= 11 is 0. The number of benzene rings is 3. The first-order chi connectivity index (χ1) is 16.5. The van der Waals surface area contributed by atoms with E-state index in [1.165, 1.54) is 38.1 Å². The van der Waals surface area contributed by atoms with Gasteiger partial charge in [-0.1, -0.05) is 85.5 Å². The van der Waals surface area contributed by atoms with Crippen LogP contribution in [0, 0.1) is 13.8 Å². The zero-order chi connectivity index (χ0) is 24.1. The van der Waals surface area contributed by atoms with E-state index in [9.17, 15) is 5.11 Å². The van der Waals surface area contributed by atoms with Crippen LogP contribution >= 0.6 is 0 Å². The van der Waals surface area contributed by atoms with Crippen molar-refractivity contribution in [1.82, 2.24) is 4.57 Å². The van der Waals surface area contributed by atoms with Crippen LogP contribution in [-0.2, 0) is 6.54 Å². The van der Waals surface area contributed by atoms with Gasteiger partial charge in [0, 0.05) is 10.9 Å². The van der Waals surface area contributed by atoms with E-state index in [4.69, 9.17) is 0 Å². The molecule has 4 rings (SSSR count). The van der Waals surface area contributed by atoms with Crippen molar-refractivity contribution >= 4 is 10.9 Å². The van der Waals surface area contributed by atoms with Gasteiger partial charge in [-0.05, 0) is 48.8 Å². The van der Waals surface area contributed by atoms with Gasteiger partial charge in [-0.15, -0.1) is 0 Å². The van der Waals surface area contributed by atoms with Gasteiger partial charge in [0.05, 0.1) is 30.8 Å². The first-order valence-corrected chi connectivity index (χ1v) is 12.0. The number of hydrogen-bond acceptors (Lipinski definition) is 1. The minimum absolute atomic E-state index is 0.503. The second-order valence-electron chi connectivity index (χ2n) is 9.14. The number of aliphatic hydroxyl groups excluding tert-OH is 1. The van der Waals surface area contributed by atoms with E-state index in [1.54, 1.807) is 0 Å². The van der Waals surface area contributed by atoms with Crippen molar-refractivity contribution in [2.24, 2.45) is 0 Å². The Kier molecular flexibility index (Phi) is 7.46. The SMILES string of the molecule is C=CC[NH+](CC=C)C[C@@H](O)Cn1c(-c2ccccc2)c(-c2ccccc2)c2cc(C)cc(C)c21. The Morgan fingerprint density at radius 2 is 1.47 bits per heavy atom. The second-order valence-corrected chi connectivity index (χ2v) is 9.14. The van der Waals surface area contributed by atoms with Gasteiger partial charge in [0.1, 0.15) is 12.6 Å². The zero-order valence-electron chi connectivity index (χ0n) is 20.3. The zero-order valence-corrected chi connectivity index (χ0v) is 20.3. The van der Waals surface area contributed by atoms with E-state index in [0.29, 0.717) is 13.1 Å². The van der Waals surface area contributed by atoms with Gasteiger partial charge < -0.3 is 14.6 Å². The first-order valence-electron chi connectivity index (χ1n) is 12.0. The molecule has 0 aliphatic rings. The molecule has 0 radical (unpaired) electrons. The summed E-state index contributed by atoms with van der Waals surface area (Å²) in [6, 6.07) is 25.7. The fraction of sp³-hybridized carbons (Fsp3) is 0.226. The second kappa shape index (κ2) is 10.7. The lowest BCUT2D eigenvalue weighted by molar-refractivity contribution is -0.891. The third-order valence-electron chi connectivity index (χ3n) is 6.38. The number of nitrogens with one attached hydrogen (secondary N) is 1. The molecule has 3 heteroatoms. The Labute approximate surface area is 203 Å². The minimum atomic E-state index is -0.503. The number of rotatable bonds is 10. The Hall–Kier alpha value is -3.40. The topological polar surface area (TPSA) is 29.6 Å². The first kappa shape index (κ1) is 23.7. The van der Waals surface area contributed by atoms with Crippen LogP contribution in [0.25, 0.3) is 33.3 Å². The molecular weight excluding hydrogens is 416 g/mol. The molecule has 0 saturated carbocycles. The normalized spacial score (nSPS) is 12.2. The average molecular weight is 452 g/mol. The standard InChI is InChI=1S/C31H34N2O/c1-5-17-32(18-6-2)21-27(34)22-33-30-24(4)19-23(3)20-28(30)29(25-13-9-7-10-14-25)31(33)26-15-11-8-12-16-26/h5-16,19-20,27,34H,1-2,17-18,21-22H2,3-4H3/p+1/t27-/m1/s1. The van der Waals surface area contributed by atoms with Gasteiger partial charge in [0.15, 0.2) is 0 Å². The molecule has 0 unspecified atom stereocenters. The summed E-state index contributed by atoms with van der Waals surface area (Å²) < 4.78 is 2.34. The van der Waals surface area contributed by atoms with Crippen LogP contribution in [0.15, 0.2) is 98.1 Å². The smallest absolute Gasteiger partial charge is 0.121 e. The maximum absolute atomic E-state index is 11.3. The highest BCUT2D eigenvalue weighted by atomic mass is 16.3. The van der Waals surface area contributed by atoms with Crippen molar-refractivity contribution in [3.63, 3.8) is 0 Å². The lowest BCUT2D eigenvalue weighted by Crippen LogP contribution is -3.12. The molecule has 0 aliphatic carbocycles. The molecule has 2 N–H and O–H groups in total. The number of aliphatic hydroxyl groups is 1. The minimum Gasteiger partial charge on any atom is -0.385 e. The van der Waals surface area contributed by atoms with E-state index in [2.05, 4.69) is 104 Å². The predicted octanol–water partition coefficient (Wildman–Crippen LogP) is 5.21. The van der Waals surface area contributed by atoms with E-state index >= 15 is 0 Å². The van der Waals surface area contributed by atoms with Crippen molar-refractivity contribution in [1.29, 1.82) is 0 Å². The molecule has 0 fully saturated rings. The summed E-state index contributed by atoms with van der Waals surface area (Å²) in [6.45, 7) is 14.9. The molecular formula is C31H35N2O+. The summed E-state index contributed by atoms with van der Waals surface area (Å²) in [5.41, 5.74) is 8.38.